The van der Waals surface area contributed by atoms with Crippen LogP contribution in [-0.2, 0) is 9.45 Å². The van der Waals surface area contributed by atoms with E-state index >= 15 is 0 Å². The number of amides is 2. The van der Waals surface area contributed by atoms with Crippen LogP contribution in [0.2, 0.25) is 0 Å². The summed E-state index contributed by atoms with van der Waals surface area (Å²) in [5, 5.41) is 5.78. The van der Waals surface area contributed by atoms with Gasteiger partial charge in [0, 0.05) is 18.1 Å². The fourth-order valence-corrected chi connectivity index (χ4v) is 3.07. The van der Waals surface area contributed by atoms with Crippen LogP contribution in [0, 0.1) is 5.92 Å². The topological polar surface area (TPSA) is 80.3 Å². The van der Waals surface area contributed by atoms with Gasteiger partial charge in [0.15, 0.2) is 0 Å². The molecule has 2 aromatic rings. The lowest BCUT2D eigenvalue weighted by atomic mass is 9.81. The highest BCUT2D eigenvalue weighted by Gasteiger charge is 2.24. The SMILES string of the molecule is CCO[B][C@H](CC(C)C)NC(=O)C(CC)NC(=O)c1cccc(-c2ccccc2)n1. The van der Waals surface area contributed by atoms with Crippen molar-refractivity contribution in [2.75, 3.05) is 6.61 Å². The minimum Gasteiger partial charge on any atom is -0.438 e. The van der Waals surface area contributed by atoms with Crippen molar-refractivity contribution in [3.8, 4) is 11.3 Å². The van der Waals surface area contributed by atoms with Gasteiger partial charge in [-0.15, -0.1) is 0 Å². The summed E-state index contributed by atoms with van der Waals surface area (Å²) in [6, 6.07) is 14.3. The molecule has 1 heterocycles. The van der Waals surface area contributed by atoms with Gasteiger partial charge < -0.3 is 15.3 Å². The Bertz CT molecular complexity index is 814. The second-order valence-corrected chi connectivity index (χ2v) is 7.54. The molecule has 6 nitrogen and oxygen atoms in total. The van der Waals surface area contributed by atoms with E-state index in [1.807, 2.05) is 50.2 Å². The maximum absolute atomic E-state index is 12.8. The van der Waals surface area contributed by atoms with Crippen LogP contribution in [0.3, 0.4) is 0 Å². The summed E-state index contributed by atoms with van der Waals surface area (Å²) < 4.78 is 5.38. The van der Waals surface area contributed by atoms with Crippen molar-refractivity contribution in [1.29, 1.82) is 0 Å². The first-order valence-corrected chi connectivity index (χ1v) is 10.5. The smallest absolute Gasteiger partial charge is 0.316 e. The lowest BCUT2D eigenvalue weighted by Crippen LogP contribution is -2.51. The molecule has 1 aromatic carbocycles. The summed E-state index contributed by atoms with van der Waals surface area (Å²) in [6.07, 6.45) is 1.23. The number of pyridine rings is 1. The molecular weight excluding hydrogens is 377 g/mol. The molecule has 0 spiro atoms. The Morgan fingerprint density at radius 1 is 1.03 bits per heavy atom. The van der Waals surface area contributed by atoms with E-state index in [9.17, 15) is 9.59 Å². The average Bonchev–Trinajstić information content (AvgIpc) is 2.75. The molecule has 2 atom stereocenters. The first-order chi connectivity index (χ1) is 14.4. The van der Waals surface area contributed by atoms with Crippen molar-refractivity contribution >= 4 is 19.3 Å². The molecular formula is C23H31BN3O3. The second-order valence-electron chi connectivity index (χ2n) is 7.54. The Hall–Kier alpha value is -2.67. The summed E-state index contributed by atoms with van der Waals surface area (Å²) >= 11 is 0. The number of hydrogen-bond donors (Lipinski definition) is 2. The molecule has 159 valence electrons. The predicted octanol–water partition coefficient (Wildman–Crippen LogP) is 3.40. The van der Waals surface area contributed by atoms with E-state index < -0.39 is 6.04 Å². The maximum atomic E-state index is 12.8. The van der Waals surface area contributed by atoms with E-state index in [0.29, 0.717) is 24.6 Å². The monoisotopic (exact) mass is 408 g/mol. The number of nitrogens with one attached hydrogen (secondary N) is 2. The minimum atomic E-state index is -0.649. The number of nitrogens with zero attached hydrogens (tertiary/aromatic N) is 1. The van der Waals surface area contributed by atoms with E-state index in [1.54, 1.807) is 19.6 Å². The van der Waals surface area contributed by atoms with Gasteiger partial charge in [-0.1, -0.05) is 57.2 Å². The molecule has 0 aliphatic carbocycles. The van der Waals surface area contributed by atoms with E-state index in [4.69, 9.17) is 4.65 Å². The van der Waals surface area contributed by atoms with Crippen molar-refractivity contribution in [3.63, 3.8) is 0 Å². The number of rotatable bonds is 11. The molecule has 0 saturated heterocycles. The third-order valence-electron chi connectivity index (χ3n) is 4.56. The molecule has 0 fully saturated rings. The van der Waals surface area contributed by atoms with E-state index in [-0.39, 0.29) is 23.4 Å². The second kappa shape index (κ2) is 12.1. The average molecular weight is 408 g/mol. The Labute approximate surface area is 180 Å². The molecule has 1 aromatic heterocycles. The molecule has 2 N–H and O–H groups in total. The van der Waals surface area contributed by atoms with Gasteiger partial charge in [0.05, 0.1) is 5.69 Å². The predicted molar refractivity (Wildman–Crippen MR) is 120 cm³/mol. The van der Waals surface area contributed by atoms with E-state index in [1.165, 1.54) is 0 Å². The molecule has 0 saturated carbocycles. The van der Waals surface area contributed by atoms with Crippen LogP contribution in [-0.4, -0.2) is 42.9 Å². The zero-order valence-electron chi connectivity index (χ0n) is 18.2. The van der Waals surface area contributed by atoms with E-state index in [0.717, 1.165) is 12.0 Å². The Kier molecular flexibility index (Phi) is 9.54. The van der Waals surface area contributed by atoms with Crippen LogP contribution in [0.15, 0.2) is 48.5 Å². The highest BCUT2D eigenvalue weighted by molar-refractivity contribution is 6.30. The Morgan fingerprint density at radius 3 is 2.40 bits per heavy atom. The van der Waals surface area contributed by atoms with Crippen LogP contribution in [0.25, 0.3) is 11.3 Å². The number of benzene rings is 1. The first kappa shape index (κ1) is 23.6. The van der Waals surface area contributed by atoms with Crippen molar-refractivity contribution in [3.05, 3.63) is 54.2 Å². The molecule has 0 bridgehead atoms. The zero-order valence-corrected chi connectivity index (χ0v) is 18.2. The van der Waals surface area contributed by atoms with Crippen LogP contribution in [0.5, 0.6) is 0 Å². The van der Waals surface area contributed by atoms with Gasteiger partial charge in [-0.25, -0.2) is 4.98 Å². The fraction of sp³-hybridized carbons (Fsp3) is 0.435. The molecule has 2 rings (SSSR count). The normalized spacial score (nSPS) is 12.8. The summed E-state index contributed by atoms with van der Waals surface area (Å²) in [5.41, 5.74) is 1.92. The minimum absolute atomic E-state index is 0.206. The van der Waals surface area contributed by atoms with Gasteiger partial charge in [-0.05, 0) is 37.8 Å². The third-order valence-corrected chi connectivity index (χ3v) is 4.56. The van der Waals surface area contributed by atoms with Gasteiger partial charge in [0.2, 0.25) is 5.91 Å². The number of hydrogen-bond acceptors (Lipinski definition) is 4. The third kappa shape index (κ3) is 7.30. The fourth-order valence-electron chi connectivity index (χ4n) is 3.07. The highest BCUT2D eigenvalue weighted by atomic mass is 16.4. The molecule has 1 radical (unpaired) electrons. The molecule has 1 unspecified atom stereocenters. The van der Waals surface area contributed by atoms with Crippen LogP contribution in [0.1, 0.15) is 51.0 Å². The van der Waals surface area contributed by atoms with Crippen LogP contribution < -0.4 is 10.6 Å². The van der Waals surface area contributed by atoms with Crippen LogP contribution >= 0.6 is 0 Å². The number of carbonyl (C=O) groups is 2. The number of aromatic nitrogens is 1. The van der Waals surface area contributed by atoms with Crippen molar-refractivity contribution < 1.29 is 14.2 Å². The molecule has 2 amide bonds. The molecule has 0 aliphatic heterocycles. The lowest BCUT2D eigenvalue weighted by Gasteiger charge is -2.23. The summed E-state index contributed by atoms with van der Waals surface area (Å²) in [6.45, 7) is 8.48. The zero-order chi connectivity index (χ0) is 21.9. The molecule has 0 aliphatic rings. The molecule has 7 heteroatoms. The maximum Gasteiger partial charge on any atom is 0.316 e. The summed E-state index contributed by atoms with van der Waals surface area (Å²) in [5.74, 6) is -0.412. The summed E-state index contributed by atoms with van der Waals surface area (Å²) in [7, 11) is 1.66. The lowest BCUT2D eigenvalue weighted by molar-refractivity contribution is -0.123. The Morgan fingerprint density at radius 2 is 1.77 bits per heavy atom. The highest BCUT2D eigenvalue weighted by Crippen LogP contribution is 2.16. The van der Waals surface area contributed by atoms with Gasteiger partial charge in [0.1, 0.15) is 11.7 Å². The van der Waals surface area contributed by atoms with E-state index in [2.05, 4.69) is 29.5 Å². The largest absolute Gasteiger partial charge is 0.438 e. The van der Waals surface area contributed by atoms with Gasteiger partial charge >= 0.3 is 7.48 Å². The van der Waals surface area contributed by atoms with Crippen molar-refractivity contribution in [2.45, 2.75) is 52.5 Å². The van der Waals surface area contributed by atoms with Crippen molar-refractivity contribution in [1.82, 2.24) is 15.6 Å². The van der Waals surface area contributed by atoms with Gasteiger partial charge in [-0.3, -0.25) is 9.59 Å². The van der Waals surface area contributed by atoms with Crippen LogP contribution in [0.4, 0.5) is 0 Å². The Balaban J connectivity index is 2.05. The first-order valence-electron chi connectivity index (χ1n) is 10.5. The standard InChI is InChI=1S/C23H31BN3O3/c1-5-18(22(28)27-21(15-16(3)4)24-30-6-2)26-23(29)20-14-10-13-19(25-20)17-11-8-7-9-12-17/h7-14,16,18,21H,5-6,15H2,1-4H3,(H,26,29)(H,27,28)/t18?,21-/m0/s1. The van der Waals surface area contributed by atoms with Gasteiger partial charge in [-0.2, -0.15) is 0 Å². The van der Waals surface area contributed by atoms with Crippen molar-refractivity contribution in [2.24, 2.45) is 5.92 Å². The summed E-state index contributed by atoms with van der Waals surface area (Å²) in [4.78, 5) is 30.0. The number of carbonyl (C=O) groups excluding carboxylic acids is 2. The van der Waals surface area contributed by atoms with Gasteiger partial charge in [0.25, 0.3) is 5.91 Å². The quantitative estimate of drug-likeness (QED) is 0.559. The molecule has 30 heavy (non-hydrogen) atoms.